The molecule has 0 fully saturated rings. The van der Waals surface area contributed by atoms with Crippen LogP contribution in [0.2, 0.25) is 0 Å². The van der Waals surface area contributed by atoms with Crippen molar-refractivity contribution < 1.29 is 17.7 Å². The molecule has 0 amide bonds. The molecule has 0 aliphatic rings. The first-order valence-corrected chi connectivity index (χ1v) is 6.67. The van der Waals surface area contributed by atoms with Gasteiger partial charge in [0.25, 0.3) is 10.1 Å². The molecule has 0 saturated heterocycles. The van der Waals surface area contributed by atoms with Crippen LogP contribution < -0.4 is 4.74 Å². The summed E-state index contributed by atoms with van der Waals surface area (Å²) in [6.07, 6.45) is 0. The SMILES string of the molecule is COc1cccc(-c2ccc(S(=O)(=O)O)cc2)c1.[Na]. The molecular weight excluding hydrogens is 275 g/mol. The minimum atomic E-state index is -4.14. The fourth-order valence-electron chi connectivity index (χ4n) is 1.62. The van der Waals surface area contributed by atoms with Gasteiger partial charge in [0.2, 0.25) is 0 Å². The van der Waals surface area contributed by atoms with Crippen molar-refractivity contribution in [1.29, 1.82) is 0 Å². The second-order valence-electron chi connectivity index (χ2n) is 3.73. The third-order valence-corrected chi connectivity index (χ3v) is 3.42. The molecule has 95 valence electrons. The Hall–Kier alpha value is -0.850. The Morgan fingerprint density at radius 2 is 1.63 bits per heavy atom. The molecule has 2 aromatic rings. The van der Waals surface area contributed by atoms with E-state index in [1.165, 1.54) is 12.1 Å². The largest absolute Gasteiger partial charge is 0.497 e. The van der Waals surface area contributed by atoms with E-state index in [0.717, 1.165) is 16.9 Å². The quantitative estimate of drug-likeness (QED) is 0.694. The smallest absolute Gasteiger partial charge is 0.294 e. The van der Waals surface area contributed by atoms with E-state index in [4.69, 9.17) is 9.29 Å². The Morgan fingerprint density at radius 3 is 2.16 bits per heavy atom. The van der Waals surface area contributed by atoms with E-state index < -0.39 is 10.1 Å². The zero-order valence-corrected chi connectivity index (χ0v) is 13.5. The predicted octanol–water partition coefficient (Wildman–Crippen LogP) is 2.23. The van der Waals surface area contributed by atoms with Gasteiger partial charge < -0.3 is 4.74 Å². The molecule has 0 aliphatic carbocycles. The Labute approximate surface area is 134 Å². The zero-order chi connectivity index (χ0) is 13.2. The molecule has 0 spiro atoms. The van der Waals surface area contributed by atoms with Crippen LogP contribution in [0.4, 0.5) is 0 Å². The summed E-state index contributed by atoms with van der Waals surface area (Å²) in [4.78, 5) is -0.117. The fourth-order valence-corrected chi connectivity index (χ4v) is 2.10. The number of methoxy groups -OCH3 is 1. The molecule has 1 N–H and O–H groups in total. The molecule has 2 aromatic carbocycles. The maximum Gasteiger partial charge on any atom is 0.294 e. The molecule has 2 rings (SSSR count). The second kappa shape index (κ2) is 6.54. The monoisotopic (exact) mass is 287 g/mol. The van der Waals surface area contributed by atoms with Gasteiger partial charge in [-0.25, -0.2) is 0 Å². The van der Waals surface area contributed by atoms with Gasteiger partial charge in [0, 0.05) is 29.6 Å². The minimum Gasteiger partial charge on any atom is -0.497 e. The van der Waals surface area contributed by atoms with Crippen LogP contribution in [0, 0.1) is 0 Å². The summed E-state index contributed by atoms with van der Waals surface area (Å²) in [5.74, 6) is 0.728. The first kappa shape index (κ1) is 16.2. The summed E-state index contributed by atoms with van der Waals surface area (Å²) >= 11 is 0. The summed E-state index contributed by atoms with van der Waals surface area (Å²) in [7, 11) is -2.56. The average molecular weight is 287 g/mol. The van der Waals surface area contributed by atoms with E-state index in [1.807, 2.05) is 24.3 Å². The summed E-state index contributed by atoms with van der Waals surface area (Å²) < 4.78 is 35.8. The fraction of sp³-hybridized carbons (Fsp3) is 0.0769. The summed E-state index contributed by atoms with van der Waals surface area (Å²) in [6, 6.07) is 13.4. The van der Waals surface area contributed by atoms with Crippen molar-refractivity contribution in [2.24, 2.45) is 0 Å². The minimum absolute atomic E-state index is 0. The zero-order valence-electron chi connectivity index (χ0n) is 10.7. The van der Waals surface area contributed by atoms with Gasteiger partial charge in [-0.15, -0.1) is 0 Å². The maximum absolute atomic E-state index is 10.9. The Morgan fingerprint density at radius 1 is 1.00 bits per heavy atom. The molecule has 19 heavy (non-hydrogen) atoms. The molecule has 0 unspecified atom stereocenters. The third kappa shape index (κ3) is 4.06. The molecule has 6 heteroatoms. The van der Waals surface area contributed by atoms with Crippen LogP contribution in [0.1, 0.15) is 0 Å². The molecular formula is C13H12NaO4S. The maximum atomic E-state index is 10.9. The van der Waals surface area contributed by atoms with E-state index in [2.05, 4.69) is 0 Å². The second-order valence-corrected chi connectivity index (χ2v) is 5.15. The Balaban J connectivity index is 0.00000180. The normalized spacial score (nSPS) is 10.6. The van der Waals surface area contributed by atoms with Crippen molar-refractivity contribution in [2.45, 2.75) is 4.90 Å². The van der Waals surface area contributed by atoms with Gasteiger partial charge in [-0.3, -0.25) is 4.55 Å². The standard InChI is InChI=1S/C13H12O4S.Na/c1-17-12-4-2-3-11(9-12)10-5-7-13(8-6-10)18(14,15)16;/h2-9H,1H3,(H,14,15,16);. The number of rotatable bonds is 3. The number of hydrogen-bond donors (Lipinski definition) is 1. The van der Waals surface area contributed by atoms with Gasteiger partial charge in [0.1, 0.15) is 5.75 Å². The van der Waals surface area contributed by atoms with Crippen LogP contribution in [0.5, 0.6) is 5.75 Å². The van der Waals surface area contributed by atoms with Crippen LogP contribution in [0.3, 0.4) is 0 Å². The molecule has 4 nitrogen and oxygen atoms in total. The molecule has 0 heterocycles. The molecule has 1 radical (unpaired) electrons. The van der Waals surface area contributed by atoms with Crippen molar-refractivity contribution >= 4 is 39.7 Å². The summed E-state index contributed by atoms with van der Waals surface area (Å²) in [6.45, 7) is 0. The first-order valence-electron chi connectivity index (χ1n) is 5.23. The van der Waals surface area contributed by atoms with Crippen LogP contribution in [-0.2, 0) is 10.1 Å². The first-order chi connectivity index (χ1) is 8.50. The van der Waals surface area contributed by atoms with Gasteiger partial charge in [-0.1, -0.05) is 24.3 Å². The van der Waals surface area contributed by atoms with Gasteiger partial charge in [-0.05, 0) is 35.4 Å². The van der Waals surface area contributed by atoms with E-state index in [0.29, 0.717) is 0 Å². The summed E-state index contributed by atoms with van der Waals surface area (Å²) in [5.41, 5.74) is 1.76. The number of ether oxygens (including phenoxy) is 1. The molecule has 0 bridgehead atoms. The molecule has 0 atom stereocenters. The van der Waals surface area contributed by atoms with Gasteiger partial charge >= 0.3 is 0 Å². The van der Waals surface area contributed by atoms with Crippen molar-refractivity contribution in [1.82, 2.24) is 0 Å². The van der Waals surface area contributed by atoms with Gasteiger partial charge in [-0.2, -0.15) is 8.42 Å². The number of hydrogen-bond acceptors (Lipinski definition) is 3. The van der Waals surface area contributed by atoms with Crippen LogP contribution in [0.25, 0.3) is 11.1 Å². The van der Waals surface area contributed by atoms with Crippen LogP contribution in [-0.4, -0.2) is 49.6 Å². The predicted molar refractivity (Wildman–Crippen MR) is 74.0 cm³/mol. The third-order valence-electron chi connectivity index (χ3n) is 2.56. The Kier molecular flexibility index (Phi) is 5.58. The van der Waals surface area contributed by atoms with Crippen molar-refractivity contribution in [3.05, 3.63) is 48.5 Å². The van der Waals surface area contributed by atoms with E-state index in [-0.39, 0.29) is 34.5 Å². The van der Waals surface area contributed by atoms with Crippen LogP contribution in [0.15, 0.2) is 53.4 Å². The average Bonchev–Trinajstić information content (AvgIpc) is 2.38. The number of benzene rings is 2. The van der Waals surface area contributed by atoms with E-state index >= 15 is 0 Å². The molecule has 0 aromatic heterocycles. The van der Waals surface area contributed by atoms with Crippen molar-refractivity contribution in [2.75, 3.05) is 7.11 Å². The molecule has 0 saturated carbocycles. The van der Waals surface area contributed by atoms with E-state index in [9.17, 15) is 8.42 Å². The van der Waals surface area contributed by atoms with Crippen LogP contribution >= 0.6 is 0 Å². The molecule has 0 aliphatic heterocycles. The van der Waals surface area contributed by atoms with Crippen molar-refractivity contribution in [3.8, 4) is 16.9 Å². The Bertz CT molecular complexity index is 651. The summed E-state index contributed by atoms with van der Waals surface area (Å²) in [5, 5.41) is 0. The van der Waals surface area contributed by atoms with Gasteiger partial charge in [0.05, 0.1) is 12.0 Å². The van der Waals surface area contributed by atoms with Gasteiger partial charge in [0.15, 0.2) is 0 Å². The van der Waals surface area contributed by atoms with Crippen molar-refractivity contribution in [3.63, 3.8) is 0 Å². The van der Waals surface area contributed by atoms with E-state index in [1.54, 1.807) is 19.2 Å². The topological polar surface area (TPSA) is 63.6 Å².